The van der Waals surface area contributed by atoms with Gasteiger partial charge in [-0.3, -0.25) is 9.12 Å². The summed E-state index contributed by atoms with van der Waals surface area (Å²) in [5.41, 5.74) is 2.20. The van der Waals surface area contributed by atoms with Crippen molar-refractivity contribution in [2.75, 3.05) is 18.9 Å². The van der Waals surface area contributed by atoms with Gasteiger partial charge < -0.3 is 9.47 Å². The average molecular weight is 415 g/mol. The molecule has 7 nitrogen and oxygen atoms in total. The molecule has 2 heterocycles. The van der Waals surface area contributed by atoms with Crippen LogP contribution >= 0.6 is 11.3 Å². The number of imidazole rings is 1. The van der Waals surface area contributed by atoms with E-state index in [4.69, 9.17) is 9.47 Å². The molecule has 0 aliphatic rings. The Morgan fingerprint density at radius 1 is 1.04 bits per heavy atom. The minimum absolute atomic E-state index is 0.0866. The maximum atomic E-state index is 12.7. The van der Waals surface area contributed by atoms with Crippen LogP contribution < -0.4 is 14.2 Å². The van der Waals surface area contributed by atoms with Crippen molar-refractivity contribution in [2.24, 2.45) is 0 Å². The van der Waals surface area contributed by atoms with Crippen molar-refractivity contribution in [3.8, 4) is 22.8 Å². The molecule has 0 aliphatic carbocycles. The predicted molar refractivity (Wildman–Crippen MR) is 109 cm³/mol. The highest BCUT2D eigenvalue weighted by molar-refractivity contribution is 7.92. The molecule has 0 saturated heterocycles. The van der Waals surface area contributed by atoms with E-state index in [0.29, 0.717) is 17.2 Å². The third-order valence-electron chi connectivity index (χ3n) is 4.19. The van der Waals surface area contributed by atoms with Crippen LogP contribution in [0, 0.1) is 0 Å². The minimum Gasteiger partial charge on any atom is -0.493 e. The summed E-state index contributed by atoms with van der Waals surface area (Å²) in [5.74, 6) is 0.811. The van der Waals surface area contributed by atoms with Gasteiger partial charge in [0.25, 0.3) is 10.0 Å². The van der Waals surface area contributed by atoms with Crippen molar-refractivity contribution in [1.29, 1.82) is 0 Å². The lowest BCUT2D eigenvalue weighted by molar-refractivity contribution is 0.354. The zero-order valence-electron chi connectivity index (χ0n) is 15.1. The number of thiazole rings is 1. The fourth-order valence-electron chi connectivity index (χ4n) is 2.77. The van der Waals surface area contributed by atoms with Crippen LogP contribution in [0.2, 0.25) is 0 Å². The van der Waals surface area contributed by atoms with Crippen LogP contribution in [0.3, 0.4) is 0 Å². The number of hydrogen-bond acceptors (Lipinski definition) is 6. The Hall–Kier alpha value is -3.04. The molecule has 0 atom stereocenters. The lowest BCUT2D eigenvalue weighted by Gasteiger charge is -2.12. The Balaban J connectivity index is 1.57. The first kappa shape index (κ1) is 18.3. The first-order valence-electron chi connectivity index (χ1n) is 8.27. The largest absolute Gasteiger partial charge is 0.493 e. The molecule has 0 unspecified atom stereocenters. The number of rotatable bonds is 6. The summed E-state index contributed by atoms with van der Waals surface area (Å²) in [4.78, 5) is 5.54. The molecular weight excluding hydrogens is 398 g/mol. The molecule has 2 aromatic carbocycles. The molecular formula is C19H17N3O4S2. The van der Waals surface area contributed by atoms with Gasteiger partial charge in [-0.15, -0.1) is 11.3 Å². The van der Waals surface area contributed by atoms with E-state index in [-0.39, 0.29) is 4.90 Å². The Morgan fingerprint density at radius 3 is 2.46 bits per heavy atom. The van der Waals surface area contributed by atoms with E-state index in [2.05, 4.69) is 9.71 Å². The highest BCUT2D eigenvalue weighted by Crippen LogP contribution is 2.30. The van der Waals surface area contributed by atoms with E-state index in [0.717, 1.165) is 16.2 Å². The molecule has 144 valence electrons. The van der Waals surface area contributed by atoms with Crippen molar-refractivity contribution in [3.05, 3.63) is 60.2 Å². The van der Waals surface area contributed by atoms with E-state index >= 15 is 0 Å². The van der Waals surface area contributed by atoms with Crippen LogP contribution in [-0.4, -0.2) is 32.0 Å². The van der Waals surface area contributed by atoms with Crippen molar-refractivity contribution < 1.29 is 17.9 Å². The quantitative estimate of drug-likeness (QED) is 0.517. The van der Waals surface area contributed by atoms with Crippen LogP contribution in [0.4, 0.5) is 5.69 Å². The summed E-state index contributed by atoms with van der Waals surface area (Å²) in [6.45, 7) is 0. The van der Waals surface area contributed by atoms with Gasteiger partial charge in [-0.05, 0) is 24.3 Å². The van der Waals surface area contributed by atoms with Gasteiger partial charge in [-0.2, -0.15) is 0 Å². The number of methoxy groups -OCH3 is 2. The number of sulfonamides is 1. The summed E-state index contributed by atoms with van der Waals surface area (Å²) in [6, 6.07) is 11.5. The molecule has 0 amide bonds. The Labute approximate surface area is 166 Å². The molecule has 0 radical (unpaired) electrons. The molecule has 9 heteroatoms. The van der Waals surface area contributed by atoms with E-state index in [1.807, 2.05) is 34.3 Å². The molecule has 0 saturated carbocycles. The van der Waals surface area contributed by atoms with E-state index in [1.165, 1.54) is 26.4 Å². The van der Waals surface area contributed by atoms with Crippen LogP contribution in [0.15, 0.2) is 65.1 Å². The van der Waals surface area contributed by atoms with E-state index < -0.39 is 10.0 Å². The molecule has 0 bridgehead atoms. The summed E-state index contributed by atoms with van der Waals surface area (Å²) >= 11 is 1.56. The Kier molecular flexibility index (Phi) is 4.70. The van der Waals surface area contributed by atoms with Gasteiger partial charge in [0.05, 0.1) is 24.8 Å². The molecule has 0 spiro atoms. The van der Waals surface area contributed by atoms with Crippen LogP contribution in [-0.2, 0) is 10.0 Å². The fraction of sp³-hybridized carbons (Fsp3) is 0.105. The molecule has 4 aromatic rings. The summed E-state index contributed by atoms with van der Waals surface area (Å²) in [6.07, 6.45) is 3.89. The number of anilines is 1. The van der Waals surface area contributed by atoms with E-state index in [9.17, 15) is 8.42 Å². The van der Waals surface area contributed by atoms with Crippen molar-refractivity contribution in [3.63, 3.8) is 0 Å². The monoisotopic (exact) mass is 415 g/mol. The average Bonchev–Trinajstić information content (AvgIpc) is 3.30. The van der Waals surface area contributed by atoms with Gasteiger partial charge in [0, 0.05) is 35.1 Å². The minimum atomic E-state index is -3.76. The maximum absolute atomic E-state index is 12.7. The van der Waals surface area contributed by atoms with Crippen LogP contribution in [0.5, 0.6) is 11.5 Å². The van der Waals surface area contributed by atoms with Crippen molar-refractivity contribution in [2.45, 2.75) is 4.90 Å². The van der Waals surface area contributed by atoms with Gasteiger partial charge in [0.2, 0.25) is 0 Å². The molecule has 4 rings (SSSR count). The van der Waals surface area contributed by atoms with Gasteiger partial charge >= 0.3 is 0 Å². The molecule has 28 heavy (non-hydrogen) atoms. The number of nitrogens with one attached hydrogen (secondary N) is 1. The second kappa shape index (κ2) is 7.17. The second-order valence-electron chi connectivity index (χ2n) is 5.92. The lowest BCUT2D eigenvalue weighted by Crippen LogP contribution is -2.13. The number of ether oxygens (including phenoxy) is 2. The zero-order chi connectivity index (χ0) is 19.7. The van der Waals surface area contributed by atoms with Gasteiger partial charge in [-0.25, -0.2) is 13.4 Å². The summed E-state index contributed by atoms with van der Waals surface area (Å²) in [7, 11) is -0.809. The number of benzene rings is 2. The predicted octanol–water partition coefficient (Wildman–Crippen LogP) is 3.88. The van der Waals surface area contributed by atoms with Crippen LogP contribution in [0.1, 0.15) is 0 Å². The highest BCUT2D eigenvalue weighted by atomic mass is 32.2. The number of aromatic nitrogens is 2. The molecule has 1 N–H and O–H groups in total. The SMILES string of the molecule is COc1ccc(S(=O)(=O)Nc2ccc(-c3cn4ccsc4n3)cc2)cc1OC. The first-order chi connectivity index (χ1) is 13.5. The molecule has 0 fully saturated rings. The molecule has 2 aromatic heterocycles. The first-order valence-corrected chi connectivity index (χ1v) is 10.6. The second-order valence-corrected chi connectivity index (χ2v) is 8.47. The third-order valence-corrected chi connectivity index (χ3v) is 6.34. The number of hydrogen-bond donors (Lipinski definition) is 1. The Morgan fingerprint density at radius 2 is 1.79 bits per heavy atom. The van der Waals surface area contributed by atoms with Gasteiger partial charge in [0.15, 0.2) is 16.5 Å². The topological polar surface area (TPSA) is 81.9 Å². The lowest BCUT2D eigenvalue weighted by atomic mass is 10.1. The summed E-state index contributed by atoms with van der Waals surface area (Å²) in [5, 5.41) is 1.97. The van der Waals surface area contributed by atoms with Gasteiger partial charge in [-0.1, -0.05) is 12.1 Å². The maximum Gasteiger partial charge on any atom is 0.262 e. The fourth-order valence-corrected chi connectivity index (χ4v) is 4.55. The van der Waals surface area contributed by atoms with Crippen molar-refractivity contribution in [1.82, 2.24) is 9.38 Å². The number of fused-ring (bicyclic) bond motifs is 1. The Bertz CT molecular complexity index is 1200. The zero-order valence-corrected chi connectivity index (χ0v) is 16.8. The number of nitrogens with zero attached hydrogens (tertiary/aromatic N) is 2. The smallest absolute Gasteiger partial charge is 0.262 e. The highest BCUT2D eigenvalue weighted by Gasteiger charge is 2.17. The van der Waals surface area contributed by atoms with E-state index in [1.54, 1.807) is 29.5 Å². The van der Waals surface area contributed by atoms with Crippen molar-refractivity contribution >= 4 is 32.0 Å². The standard InChI is InChI=1S/C19H17N3O4S2/c1-25-17-8-7-15(11-18(17)26-2)28(23,24)21-14-5-3-13(4-6-14)16-12-22-9-10-27-19(22)20-16/h3-12,21H,1-2H3. The van der Waals surface area contributed by atoms with Crippen LogP contribution in [0.25, 0.3) is 16.2 Å². The van der Waals surface area contributed by atoms with Gasteiger partial charge in [0.1, 0.15) is 0 Å². The molecule has 0 aliphatic heterocycles. The normalized spacial score (nSPS) is 11.5. The summed E-state index contributed by atoms with van der Waals surface area (Å²) < 4.78 is 40.2. The third kappa shape index (κ3) is 3.41.